The number of thioether (sulfide) groups is 1. The fourth-order valence-corrected chi connectivity index (χ4v) is 3.17. The topological polar surface area (TPSA) is 77.0 Å². The van der Waals surface area contributed by atoms with E-state index >= 15 is 0 Å². The van der Waals surface area contributed by atoms with Crippen LogP contribution in [0.25, 0.3) is 0 Å². The highest BCUT2D eigenvalue weighted by molar-refractivity contribution is 7.99. The van der Waals surface area contributed by atoms with Crippen molar-refractivity contribution in [3.05, 3.63) is 5.89 Å². The van der Waals surface area contributed by atoms with Crippen LogP contribution in [0.3, 0.4) is 0 Å². The van der Waals surface area contributed by atoms with Crippen molar-refractivity contribution in [2.45, 2.75) is 44.0 Å². The largest absolute Gasteiger partial charge is 0.407 e. The number of nitrogens with zero attached hydrogens (tertiary/aromatic N) is 2. The maximum atomic E-state index is 5.41. The molecule has 1 aliphatic carbocycles. The van der Waals surface area contributed by atoms with Crippen LogP contribution in [-0.4, -0.2) is 27.2 Å². The fraction of sp³-hybridized carbons (Fsp3) is 0.800. The number of anilines is 1. The molecule has 16 heavy (non-hydrogen) atoms. The van der Waals surface area contributed by atoms with E-state index in [2.05, 4.69) is 22.4 Å². The van der Waals surface area contributed by atoms with Crippen LogP contribution in [0.1, 0.15) is 32.1 Å². The summed E-state index contributed by atoms with van der Waals surface area (Å²) in [5.41, 5.74) is 5.41. The van der Waals surface area contributed by atoms with Crippen molar-refractivity contribution < 1.29 is 4.42 Å². The van der Waals surface area contributed by atoms with Gasteiger partial charge in [-0.3, -0.25) is 0 Å². The van der Waals surface area contributed by atoms with E-state index in [4.69, 9.17) is 10.2 Å². The smallest absolute Gasteiger partial charge is 0.315 e. The van der Waals surface area contributed by atoms with Crippen molar-refractivity contribution in [2.24, 2.45) is 5.73 Å². The Hall–Kier alpha value is -0.750. The maximum absolute atomic E-state index is 5.41. The van der Waals surface area contributed by atoms with E-state index in [1.165, 1.54) is 25.0 Å². The van der Waals surface area contributed by atoms with Gasteiger partial charge in [-0.25, -0.2) is 0 Å². The molecule has 0 radical (unpaired) electrons. The fourth-order valence-electron chi connectivity index (χ4n) is 2.03. The molecule has 5 nitrogen and oxygen atoms in total. The molecule has 1 aromatic rings. The lowest BCUT2D eigenvalue weighted by atomic mass is 10.3. The Morgan fingerprint density at radius 2 is 2.38 bits per heavy atom. The average molecular weight is 242 g/mol. The van der Waals surface area contributed by atoms with Gasteiger partial charge in [-0.05, 0) is 25.0 Å². The van der Waals surface area contributed by atoms with E-state index in [1.807, 2.05) is 11.8 Å². The van der Waals surface area contributed by atoms with Gasteiger partial charge in [0.05, 0.1) is 6.54 Å². The van der Waals surface area contributed by atoms with Crippen LogP contribution in [0.15, 0.2) is 4.42 Å². The molecule has 3 N–H and O–H groups in total. The van der Waals surface area contributed by atoms with E-state index in [9.17, 15) is 0 Å². The van der Waals surface area contributed by atoms with E-state index < -0.39 is 0 Å². The lowest BCUT2D eigenvalue weighted by Crippen LogP contribution is -2.16. The van der Waals surface area contributed by atoms with Crippen molar-refractivity contribution in [1.82, 2.24) is 10.2 Å². The predicted molar refractivity (Wildman–Crippen MR) is 65.4 cm³/mol. The first-order chi connectivity index (χ1) is 7.81. The number of aromatic nitrogens is 2. The standard InChI is InChI=1S/C10H18N4OS/c1-2-16-8-4-3-7(5-8)12-10-14-13-9(6-11)15-10/h7-8H,2-6,11H2,1H3,(H,12,14). The summed E-state index contributed by atoms with van der Waals surface area (Å²) < 4.78 is 5.32. The minimum Gasteiger partial charge on any atom is -0.407 e. The van der Waals surface area contributed by atoms with Gasteiger partial charge < -0.3 is 15.5 Å². The third-order valence-electron chi connectivity index (χ3n) is 2.76. The minimum absolute atomic E-state index is 0.299. The van der Waals surface area contributed by atoms with Gasteiger partial charge in [0.15, 0.2) is 0 Å². The summed E-state index contributed by atoms with van der Waals surface area (Å²) in [6.45, 7) is 2.50. The Balaban J connectivity index is 1.82. The van der Waals surface area contributed by atoms with Crippen molar-refractivity contribution in [3.8, 4) is 0 Å². The first kappa shape index (κ1) is 11.7. The van der Waals surface area contributed by atoms with E-state index in [0.29, 0.717) is 24.5 Å². The first-order valence-corrected chi connectivity index (χ1v) is 6.77. The van der Waals surface area contributed by atoms with Gasteiger partial charge in [-0.15, -0.1) is 5.10 Å². The zero-order valence-corrected chi connectivity index (χ0v) is 10.3. The van der Waals surface area contributed by atoms with Gasteiger partial charge in [0.25, 0.3) is 0 Å². The predicted octanol–water partition coefficient (Wildman–Crippen LogP) is 1.61. The zero-order chi connectivity index (χ0) is 11.4. The van der Waals surface area contributed by atoms with Crippen molar-refractivity contribution in [2.75, 3.05) is 11.1 Å². The third-order valence-corrected chi connectivity index (χ3v) is 3.99. The SMILES string of the molecule is CCSC1CCC(Nc2nnc(CN)o2)C1. The van der Waals surface area contributed by atoms with Crippen LogP contribution in [0.4, 0.5) is 6.01 Å². The van der Waals surface area contributed by atoms with Crippen molar-refractivity contribution in [1.29, 1.82) is 0 Å². The molecule has 6 heteroatoms. The van der Waals surface area contributed by atoms with Crippen molar-refractivity contribution in [3.63, 3.8) is 0 Å². The van der Waals surface area contributed by atoms with E-state index in [1.54, 1.807) is 0 Å². The number of hydrogen-bond acceptors (Lipinski definition) is 6. The molecule has 0 saturated heterocycles. The molecule has 1 aromatic heterocycles. The molecule has 1 heterocycles. The quantitative estimate of drug-likeness (QED) is 0.817. The molecule has 1 fully saturated rings. The van der Waals surface area contributed by atoms with Crippen LogP contribution in [0.2, 0.25) is 0 Å². The number of nitrogens with one attached hydrogen (secondary N) is 1. The van der Waals surface area contributed by atoms with E-state index in [0.717, 1.165) is 5.25 Å². The Morgan fingerprint density at radius 3 is 3.06 bits per heavy atom. The number of hydrogen-bond donors (Lipinski definition) is 2. The summed E-state index contributed by atoms with van der Waals surface area (Å²) >= 11 is 2.04. The Bertz CT molecular complexity index is 330. The summed E-state index contributed by atoms with van der Waals surface area (Å²) in [5.74, 6) is 1.68. The molecule has 0 aromatic carbocycles. The summed E-state index contributed by atoms with van der Waals surface area (Å²) in [5, 5.41) is 11.8. The third kappa shape index (κ3) is 2.89. The normalized spacial score (nSPS) is 24.9. The zero-order valence-electron chi connectivity index (χ0n) is 9.48. The van der Waals surface area contributed by atoms with Crippen molar-refractivity contribution >= 4 is 17.8 Å². The molecule has 1 aliphatic rings. The Kier molecular flexibility index (Phi) is 4.06. The highest BCUT2D eigenvalue weighted by Crippen LogP contribution is 2.31. The maximum Gasteiger partial charge on any atom is 0.315 e. The molecule has 0 aliphatic heterocycles. The molecule has 1 saturated carbocycles. The van der Waals surface area contributed by atoms with Gasteiger partial charge in [-0.1, -0.05) is 12.0 Å². The molecule has 90 valence electrons. The van der Waals surface area contributed by atoms with Crippen LogP contribution >= 0.6 is 11.8 Å². The second-order valence-electron chi connectivity index (χ2n) is 3.94. The summed E-state index contributed by atoms with van der Waals surface area (Å²) in [4.78, 5) is 0. The average Bonchev–Trinajstić information content (AvgIpc) is 2.89. The molecule has 0 amide bonds. The number of rotatable bonds is 5. The molecule has 2 rings (SSSR count). The summed E-state index contributed by atoms with van der Waals surface area (Å²) in [6.07, 6.45) is 3.63. The van der Waals surface area contributed by atoms with Gasteiger partial charge >= 0.3 is 6.01 Å². The summed E-state index contributed by atoms with van der Waals surface area (Å²) in [7, 11) is 0. The Morgan fingerprint density at radius 1 is 1.50 bits per heavy atom. The minimum atomic E-state index is 0.299. The van der Waals surface area contributed by atoms with Gasteiger partial charge in [0.2, 0.25) is 5.89 Å². The molecule has 0 spiro atoms. The number of nitrogens with two attached hydrogens (primary N) is 1. The molecule has 0 bridgehead atoms. The van der Waals surface area contributed by atoms with E-state index in [-0.39, 0.29) is 0 Å². The lowest BCUT2D eigenvalue weighted by molar-refractivity contribution is 0.500. The monoisotopic (exact) mass is 242 g/mol. The highest BCUT2D eigenvalue weighted by Gasteiger charge is 2.25. The highest BCUT2D eigenvalue weighted by atomic mass is 32.2. The Labute approximate surface area is 99.6 Å². The molecular weight excluding hydrogens is 224 g/mol. The second kappa shape index (κ2) is 5.54. The molecule has 2 atom stereocenters. The van der Waals surface area contributed by atoms with Gasteiger partial charge in [0, 0.05) is 11.3 Å². The van der Waals surface area contributed by atoms with Gasteiger partial charge in [-0.2, -0.15) is 11.8 Å². The summed E-state index contributed by atoms with van der Waals surface area (Å²) in [6, 6.07) is 0.975. The second-order valence-corrected chi connectivity index (χ2v) is 5.51. The lowest BCUT2D eigenvalue weighted by Gasteiger charge is -2.10. The van der Waals surface area contributed by atoms with Crippen LogP contribution < -0.4 is 11.1 Å². The molecule has 2 unspecified atom stereocenters. The van der Waals surface area contributed by atoms with Crippen LogP contribution in [0.5, 0.6) is 0 Å². The molecular formula is C10H18N4OS. The van der Waals surface area contributed by atoms with Gasteiger partial charge in [0.1, 0.15) is 0 Å². The van der Waals surface area contributed by atoms with Crippen LogP contribution in [0, 0.1) is 0 Å². The first-order valence-electron chi connectivity index (χ1n) is 5.72. The van der Waals surface area contributed by atoms with Crippen LogP contribution in [-0.2, 0) is 6.54 Å².